The van der Waals surface area contributed by atoms with Crippen molar-refractivity contribution in [2.45, 2.75) is 22.8 Å². The molecule has 0 aromatic heterocycles. The average Bonchev–Trinajstić information content (AvgIpc) is 2.42. The van der Waals surface area contributed by atoms with Crippen LogP contribution in [0.2, 0.25) is 0 Å². The van der Waals surface area contributed by atoms with Gasteiger partial charge in [-0.15, -0.1) is 0 Å². The number of hydrogen-bond donors (Lipinski definition) is 0. The number of hydrogen-bond acceptors (Lipinski definition) is 5. The fourth-order valence-electron chi connectivity index (χ4n) is 2.23. The van der Waals surface area contributed by atoms with Gasteiger partial charge in [0.05, 0.1) is 21.6 Å². The molecule has 1 atom stereocenters. The highest BCUT2D eigenvalue weighted by atomic mass is 32.2. The average molecular weight is 339 g/mol. The first-order valence-electron chi connectivity index (χ1n) is 6.24. The fourth-order valence-corrected chi connectivity index (χ4v) is 4.46. The molecular weight excluding hydrogens is 324 g/mol. The number of benzene rings is 1. The summed E-state index contributed by atoms with van der Waals surface area (Å²) in [5.41, 5.74) is 0.125. The van der Waals surface area contributed by atoms with Gasteiger partial charge in [0, 0.05) is 13.1 Å². The zero-order valence-corrected chi connectivity index (χ0v) is 12.9. The molecule has 1 aliphatic rings. The molecule has 1 heterocycles. The van der Waals surface area contributed by atoms with Crippen molar-refractivity contribution in [1.29, 1.82) is 0 Å². The quantitative estimate of drug-likeness (QED) is 0.830. The number of halogens is 2. The van der Waals surface area contributed by atoms with Crippen molar-refractivity contribution in [3.8, 4) is 0 Å². The van der Waals surface area contributed by atoms with Crippen LogP contribution in [0.4, 0.5) is 14.5 Å². The molecule has 118 valence electrons. The molecule has 0 bridgehead atoms. The Morgan fingerprint density at radius 2 is 1.90 bits per heavy atom. The number of nitrogens with zero attached hydrogens (tertiary/aromatic N) is 1. The highest BCUT2D eigenvalue weighted by molar-refractivity contribution is 7.92. The van der Waals surface area contributed by atoms with Gasteiger partial charge >= 0.3 is 5.76 Å². The standard InChI is InChI=1S/C12H15F2NO4S2/c1-9-8-15(6-7-20(9,16)17)10-4-2-3-5-11(10)21(18,19)12(13)14/h2-5,9,12H,6-8H2,1H3. The molecule has 1 unspecified atom stereocenters. The molecule has 9 heteroatoms. The first-order valence-corrected chi connectivity index (χ1v) is 9.50. The van der Waals surface area contributed by atoms with Crippen molar-refractivity contribution in [3.05, 3.63) is 24.3 Å². The van der Waals surface area contributed by atoms with Gasteiger partial charge in [0.25, 0.3) is 0 Å². The number of anilines is 1. The third-order valence-electron chi connectivity index (χ3n) is 3.48. The lowest BCUT2D eigenvalue weighted by Crippen LogP contribution is -2.46. The smallest absolute Gasteiger partial charge is 0.341 e. The molecule has 21 heavy (non-hydrogen) atoms. The maximum atomic E-state index is 12.7. The zero-order chi connectivity index (χ0) is 15.8. The van der Waals surface area contributed by atoms with E-state index in [1.807, 2.05) is 0 Å². The van der Waals surface area contributed by atoms with E-state index in [0.717, 1.165) is 6.07 Å². The lowest BCUT2D eigenvalue weighted by molar-refractivity contribution is 0.235. The molecular formula is C12H15F2NO4S2. The van der Waals surface area contributed by atoms with E-state index in [1.54, 1.807) is 0 Å². The van der Waals surface area contributed by atoms with Crippen molar-refractivity contribution in [2.75, 3.05) is 23.7 Å². The van der Waals surface area contributed by atoms with Crippen LogP contribution < -0.4 is 4.90 Å². The summed E-state index contributed by atoms with van der Waals surface area (Å²) in [4.78, 5) is 1.06. The van der Waals surface area contributed by atoms with Crippen LogP contribution in [-0.4, -0.2) is 46.7 Å². The Kier molecular flexibility index (Phi) is 4.25. The van der Waals surface area contributed by atoms with Gasteiger partial charge in [-0.2, -0.15) is 8.78 Å². The van der Waals surface area contributed by atoms with E-state index in [1.165, 1.54) is 30.0 Å². The Morgan fingerprint density at radius 3 is 2.48 bits per heavy atom. The van der Waals surface area contributed by atoms with Crippen molar-refractivity contribution in [2.24, 2.45) is 0 Å². The van der Waals surface area contributed by atoms with Crippen molar-refractivity contribution in [1.82, 2.24) is 0 Å². The Balaban J connectivity index is 2.43. The molecule has 0 aliphatic carbocycles. The summed E-state index contributed by atoms with van der Waals surface area (Å²) < 4.78 is 72.3. The highest BCUT2D eigenvalue weighted by Gasteiger charge is 2.34. The van der Waals surface area contributed by atoms with Crippen molar-refractivity contribution < 1.29 is 25.6 Å². The zero-order valence-electron chi connectivity index (χ0n) is 11.2. The predicted octanol–water partition coefficient (Wildman–Crippen LogP) is 1.31. The second-order valence-corrected chi connectivity index (χ2v) is 9.32. The Morgan fingerprint density at radius 1 is 1.29 bits per heavy atom. The maximum absolute atomic E-state index is 12.7. The summed E-state index contributed by atoms with van der Waals surface area (Å²) in [5.74, 6) is -3.64. The molecule has 0 radical (unpaired) electrons. The fraction of sp³-hybridized carbons (Fsp3) is 0.500. The van der Waals surface area contributed by atoms with Crippen molar-refractivity contribution >= 4 is 25.4 Å². The molecule has 0 saturated carbocycles. The normalized spacial score (nSPS) is 22.5. The molecule has 5 nitrogen and oxygen atoms in total. The number of rotatable bonds is 3. The number of sulfone groups is 2. The predicted molar refractivity (Wildman–Crippen MR) is 75.1 cm³/mol. The van der Waals surface area contributed by atoms with Gasteiger partial charge in [0.15, 0.2) is 9.84 Å². The monoisotopic (exact) mass is 339 g/mol. The van der Waals surface area contributed by atoms with Crippen LogP contribution in [0.1, 0.15) is 6.92 Å². The van der Waals surface area contributed by atoms with Gasteiger partial charge in [0.2, 0.25) is 9.84 Å². The topological polar surface area (TPSA) is 71.5 Å². The lowest BCUT2D eigenvalue weighted by atomic mass is 10.2. The summed E-state index contributed by atoms with van der Waals surface area (Å²) >= 11 is 0. The van der Waals surface area contributed by atoms with E-state index in [-0.39, 0.29) is 24.5 Å². The van der Waals surface area contributed by atoms with Crippen LogP contribution in [-0.2, 0) is 19.7 Å². The maximum Gasteiger partial charge on any atom is 0.341 e. The summed E-state index contributed by atoms with van der Waals surface area (Å²) in [6.45, 7) is 1.69. The molecule has 1 saturated heterocycles. The Hall–Kier alpha value is -1.22. The molecule has 1 aromatic rings. The van der Waals surface area contributed by atoms with Crippen LogP contribution in [0.15, 0.2) is 29.2 Å². The van der Waals surface area contributed by atoms with Gasteiger partial charge in [0.1, 0.15) is 0 Å². The summed E-state index contributed by atoms with van der Waals surface area (Å²) in [6, 6.07) is 5.43. The van der Waals surface area contributed by atoms with Gasteiger partial charge in [-0.25, -0.2) is 16.8 Å². The van der Waals surface area contributed by atoms with E-state index in [4.69, 9.17) is 0 Å². The van der Waals surface area contributed by atoms with E-state index >= 15 is 0 Å². The molecule has 1 aliphatic heterocycles. The van der Waals surface area contributed by atoms with Gasteiger partial charge in [-0.05, 0) is 19.1 Å². The third kappa shape index (κ3) is 3.03. The van der Waals surface area contributed by atoms with Crippen molar-refractivity contribution in [3.63, 3.8) is 0 Å². The van der Waals surface area contributed by atoms with Crippen LogP contribution in [0.3, 0.4) is 0 Å². The first-order chi connectivity index (χ1) is 9.66. The molecule has 0 spiro atoms. The summed E-state index contributed by atoms with van der Waals surface area (Å²) in [5, 5.41) is -0.673. The largest absolute Gasteiger partial charge is 0.368 e. The molecule has 2 rings (SSSR count). The van der Waals surface area contributed by atoms with E-state index in [9.17, 15) is 25.6 Å². The number of alkyl halides is 2. The molecule has 1 fully saturated rings. The minimum absolute atomic E-state index is 0.0815. The Labute approximate surface area is 122 Å². The lowest BCUT2D eigenvalue weighted by Gasteiger charge is -2.33. The van der Waals surface area contributed by atoms with Crippen LogP contribution >= 0.6 is 0 Å². The summed E-state index contributed by atoms with van der Waals surface area (Å²) in [7, 11) is -7.93. The SMILES string of the molecule is CC1CN(c2ccccc2S(=O)(=O)C(F)F)CCS1(=O)=O. The molecule has 1 aromatic carbocycles. The van der Waals surface area contributed by atoms with Gasteiger partial charge in [-0.1, -0.05) is 12.1 Å². The minimum Gasteiger partial charge on any atom is -0.368 e. The third-order valence-corrected chi connectivity index (χ3v) is 7.04. The second-order valence-electron chi connectivity index (χ2n) is 4.90. The van der Waals surface area contributed by atoms with E-state index < -0.39 is 35.6 Å². The second kappa shape index (κ2) is 5.53. The first kappa shape index (κ1) is 16.2. The minimum atomic E-state index is -4.73. The van der Waals surface area contributed by atoms with E-state index in [2.05, 4.69) is 0 Å². The van der Waals surface area contributed by atoms with E-state index in [0.29, 0.717) is 0 Å². The molecule has 0 amide bonds. The van der Waals surface area contributed by atoms with Gasteiger partial charge < -0.3 is 4.90 Å². The number of para-hydroxylation sites is 1. The molecule has 0 N–H and O–H groups in total. The van der Waals surface area contributed by atoms with Gasteiger partial charge in [-0.3, -0.25) is 0 Å². The Bertz CT molecular complexity index is 731. The highest BCUT2D eigenvalue weighted by Crippen LogP contribution is 2.30. The van der Waals surface area contributed by atoms with Crippen LogP contribution in [0, 0.1) is 0 Å². The van der Waals surface area contributed by atoms with Crippen LogP contribution in [0.25, 0.3) is 0 Å². The van der Waals surface area contributed by atoms with Crippen LogP contribution in [0.5, 0.6) is 0 Å². The summed E-state index contributed by atoms with van der Waals surface area (Å²) in [6.07, 6.45) is 0.